The molecule has 8 heteroatoms. The van der Waals surface area contributed by atoms with E-state index in [0.717, 1.165) is 38.2 Å². The van der Waals surface area contributed by atoms with Gasteiger partial charge < -0.3 is 10.1 Å². The van der Waals surface area contributed by atoms with Crippen LogP contribution in [0.5, 0.6) is 5.75 Å². The summed E-state index contributed by atoms with van der Waals surface area (Å²) >= 11 is 0. The summed E-state index contributed by atoms with van der Waals surface area (Å²) in [6.45, 7) is 6.62. The Balaban J connectivity index is 0.00000208. The maximum absolute atomic E-state index is 13.0. The van der Waals surface area contributed by atoms with Crippen molar-refractivity contribution in [3.05, 3.63) is 23.8 Å². The molecule has 0 spiro atoms. The highest BCUT2D eigenvalue weighted by atomic mass is 35.5. The number of hydrogen-bond acceptors (Lipinski definition) is 5. The molecule has 2 heterocycles. The van der Waals surface area contributed by atoms with Gasteiger partial charge in [-0.2, -0.15) is 4.31 Å². The molecular weight excluding hydrogens is 350 g/mol. The summed E-state index contributed by atoms with van der Waals surface area (Å²) in [5.41, 5.74) is 0.917. The molecule has 0 saturated carbocycles. The van der Waals surface area contributed by atoms with Crippen molar-refractivity contribution in [2.24, 2.45) is 0 Å². The monoisotopic (exact) mass is 375 g/mol. The van der Waals surface area contributed by atoms with E-state index >= 15 is 0 Å². The number of methoxy groups -OCH3 is 1. The molecule has 1 aromatic carbocycles. The number of sulfonamides is 1. The third-order valence-electron chi connectivity index (χ3n) is 4.76. The predicted octanol–water partition coefficient (Wildman–Crippen LogP) is 1.09. The van der Waals surface area contributed by atoms with Crippen LogP contribution in [0.4, 0.5) is 0 Å². The van der Waals surface area contributed by atoms with Gasteiger partial charge in [0.15, 0.2) is 0 Å². The topological polar surface area (TPSA) is 61.9 Å². The molecule has 1 unspecified atom stereocenters. The first-order chi connectivity index (χ1) is 11.0. The number of aryl methyl sites for hydroxylation is 1. The summed E-state index contributed by atoms with van der Waals surface area (Å²) in [7, 11) is -2.00. The second-order valence-corrected chi connectivity index (χ2v) is 8.15. The third-order valence-corrected chi connectivity index (χ3v) is 6.68. The minimum absolute atomic E-state index is 0. The molecule has 0 bridgehead atoms. The number of nitrogens with zero attached hydrogens (tertiary/aromatic N) is 2. The first kappa shape index (κ1) is 19.5. The van der Waals surface area contributed by atoms with Gasteiger partial charge in [-0.3, -0.25) is 4.90 Å². The minimum atomic E-state index is -3.51. The van der Waals surface area contributed by atoms with E-state index in [1.165, 1.54) is 7.11 Å². The van der Waals surface area contributed by atoms with Crippen molar-refractivity contribution in [3.8, 4) is 5.75 Å². The fourth-order valence-corrected chi connectivity index (χ4v) is 5.05. The normalized spacial score (nSPS) is 23.0. The number of ether oxygens (including phenoxy) is 1. The Bertz CT molecular complexity index is 655. The maximum Gasteiger partial charge on any atom is 0.246 e. The van der Waals surface area contributed by atoms with Crippen molar-refractivity contribution < 1.29 is 13.2 Å². The Hall–Kier alpha value is -0.860. The number of rotatable bonds is 4. The molecule has 24 heavy (non-hydrogen) atoms. The van der Waals surface area contributed by atoms with Gasteiger partial charge in [-0.25, -0.2) is 8.42 Å². The number of piperazine rings is 1. The lowest BCUT2D eigenvalue weighted by atomic mass is 10.2. The third kappa shape index (κ3) is 3.86. The average molecular weight is 376 g/mol. The molecule has 136 valence electrons. The van der Waals surface area contributed by atoms with Crippen LogP contribution in [0.25, 0.3) is 0 Å². The molecule has 2 saturated heterocycles. The summed E-state index contributed by atoms with van der Waals surface area (Å²) in [6, 6.07) is 5.83. The number of hydrogen-bond donors (Lipinski definition) is 1. The lowest BCUT2D eigenvalue weighted by Crippen LogP contribution is -2.52. The van der Waals surface area contributed by atoms with Crippen LogP contribution in [0, 0.1) is 6.92 Å². The second-order valence-electron chi connectivity index (χ2n) is 6.24. The van der Waals surface area contributed by atoms with Crippen molar-refractivity contribution in [1.82, 2.24) is 14.5 Å². The van der Waals surface area contributed by atoms with Crippen molar-refractivity contribution >= 4 is 22.4 Å². The molecule has 0 amide bonds. The lowest BCUT2D eigenvalue weighted by molar-refractivity contribution is 0.145. The zero-order valence-electron chi connectivity index (χ0n) is 14.2. The molecule has 3 rings (SSSR count). The predicted molar refractivity (Wildman–Crippen MR) is 96.6 cm³/mol. The largest absolute Gasteiger partial charge is 0.495 e. The standard InChI is InChI=1S/C16H25N3O3S.ClH/c1-13-3-4-15(22-2)16(11-13)23(20,21)19-9-7-18(8-10-19)14-5-6-17-12-14;/h3-4,11,14,17H,5-10,12H2,1-2H3;1H. The molecule has 1 N–H and O–H groups in total. The quantitative estimate of drug-likeness (QED) is 0.853. The summed E-state index contributed by atoms with van der Waals surface area (Å²) < 4.78 is 32.8. The lowest BCUT2D eigenvalue weighted by Gasteiger charge is -2.37. The van der Waals surface area contributed by atoms with Gasteiger partial charge in [0.05, 0.1) is 7.11 Å². The Morgan fingerprint density at radius 2 is 1.92 bits per heavy atom. The smallest absolute Gasteiger partial charge is 0.246 e. The number of halogens is 1. The van der Waals surface area contributed by atoms with Crippen LogP contribution < -0.4 is 10.1 Å². The van der Waals surface area contributed by atoms with Crippen molar-refractivity contribution in [3.63, 3.8) is 0 Å². The van der Waals surface area contributed by atoms with Crippen LogP contribution in [0.15, 0.2) is 23.1 Å². The summed E-state index contributed by atoms with van der Waals surface area (Å²) in [5, 5.41) is 3.37. The van der Waals surface area contributed by atoms with Crippen molar-refractivity contribution in [2.75, 3.05) is 46.4 Å². The molecule has 1 atom stereocenters. The fourth-order valence-electron chi connectivity index (χ4n) is 3.38. The molecular formula is C16H26ClN3O3S. The first-order valence-corrected chi connectivity index (χ1v) is 9.56. The molecule has 2 aliphatic heterocycles. The van der Waals surface area contributed by atoms with Crippen molar-refractivity contribution in [1.29, 1.82) is 0 Å². The van der Waals surface area contributed by atoms with Gasteiger partial charge >= 0.3 is 0 Å². The minimum Gasteiger partial charge on any atom is -0.495 e. The SMILES string of the molecule is COc1ccc(C)cc1S(=O)(=O)N1CCN(C2CCNC2)CC1.Cl. The highest BCUT2D eigenvalue weighted by Gasteiger charge is 2.33. The summed E-state index contributed by atoms with van der Waals surface area (Å²) in [5.74, 6) is 0.415. The zero-order valence-corrected chi connectivity index (χ0v) is 15.8. The molecule has 2 aliphatic rings. The molecule has 2 fully saturated rings. The Morgan fingerprint density at radius 1 is 1.21 bits per heavy atom. The Labute approximate surface area is 150 Å². The van der Waals surface area contributed by atoms with Crippen LogP contribution in [0.3, 0.4) is 0 Å². The van der Waals surface area contributed by atoms with Crippen LogP contribution in [0.2, 0.25) is 0 Å². The highest BCUT2D eigenvalue weighted by molar-refractivity contribution is 7.89. The molecule has 1 aromatic rings. The van der Waals surface area contributed by atoms with Gasteiger partial charge in [0.2, 0.25) is 10.0 Å². The van der Waals surface area contributed by atoms with Gasteiger partial charge in [0.25, 0.3) is 0 Å². The van der Waals surface area contributed by atoms with Gasteiger partial charge in [0.1, 0.15) is 10.6 Å². The summed E-state index contributed by atoms with van der Waals surface area (Å²) in [6.07, 6.45) is 1.15. The molecule has 6 nitrogen and oxygen atoms in total. The van der Waals surface area contributed by atoms with E-state index in [2.05, 4.69) is 10.2 Å². The van der Waals surface area contributed by atoms with E-state index in [9.17, 15) is 8.42 Å². The number of nitrogens with one attached hydrogen (secondary N) is 1. The van der Waals surface area contributed by atoms with Crippen LogP contribution >= 0.6 is 12.4 Å². The molecule has 0 radical (unpaired) electrons. The van der Waals surface area contributed by atoms with Gasteiger partial charge in [0, 0.05) is 38.8 Å². The fraction of sp³-hybridized carbons (Fsp3) is 0.625. The van der Waals surface area contributed by atoms with E-state index in [1.807, 2.05) is 13.0 Å². The average Bonchev–Trinajstić information content (AvgIpc) is 3.09. The maximum atomic E-state index is 13.0. The Morgan fingerprint density at radius 3 is 2.50 bits per heavy atom. The van der Waals surface area contributed by atoms with Crippen LogP contribution in [-0.2, 0) is 10.0 Å². The second kappa shape index (κ2) is 8.01. The van der Waals surface area contributed by atoms with E-state index < -0.39 is 10.0 Å². The van der Waals surface area contributed by atoms with Crippen molar-refractivity contribution in [2.45, 2.75) is 24.3 Å². The van der Waals surface area contributed by atoms with E-state index in [0.29, 0.717) is 24.9 Å². The first-order valence-electron chi connectivity index (χ1n) is 8.12. The van der Waals surface area contributed by atoms with Gasteiger partial charge in [-0.15, -0.1) is 12.4 Å². The van der Waals surface area contributed by atoms with Gasteiger partial charge in [-0.05, 0) is 37.6 Å². The van der Waals surface area contributed by atoms with Gasteiger partial charge in [-0.1, -0.05) is 6.07 Å². The van der Waals surface area contributed by atoms with E-state index in [-0.39, 0.29) is 17.3 Å². The molecule has 0 aliphatic carbocycles. The number of benzene rings is 1. The van der Waals surface area contributed by atoms with Crippen LogP contribution in [-0.4, -0.2) is 70.0 Å². The summed E-state index contributed by atoms with van der Waals surface area (Å²) in [4.78, 5) is 2.68. The molecule has 0 aromatic heterocycles. The van der Waals surface area contributed by atoms with Crippen LogP contribution in [0.1, 0.15) is 12.0 Å². The highest BCUT2D eigenvalue weighted by Crippen LogP contribution is 2.28. The van der Waals surface area contributed by atoms with E-state index in [4.69, 9.17) is 4.74 Å². The zero-order chi connectivity index (χ0) is 16.4. The van der Waals surface area contributed by atoms with E-state index in [1.54, 1.807) is 16.4 Å². The Kier molecular flexibility index (Phi) is 6.50.